The molecule has 0 radical (unpaired) electrons. The van der Waals surface area contributed by atoms with E-state index in [1.54, 1.807) is 48.9 Å². The Morgan fingerprint density at radius 2 is 2.00 bits per heavy atom. The zero-order chi connectivity index (χ0) is 24.7. The summed E-state index contributed by atoms with van der Waals surface area (Å²) in [5, 5.41) is 25.5. The number of anilines is 1. The van der Waals surface area contributed by atoms with Crippen molar-refractivity contribution in [1.29, 1.82) is 0 Å². The van der Waals surface area contributed by atoms with E-state index in [0.717, 1.165) is 17.3 Å². The number of hydrogen-bond acceptors (Lipinski definition) is 7. The minimum atomic E-state index is -0.494. The average Bonchev–Trinajstić information content (AvgIpc) is 3.16. The molecule has 176 valence electrons. The van der Waals surface area contributed by atoms with E-state index in [4.69, 9.17) is 11.6 Å². The number of nitro groups is 1. The number of carbonyl (C=O) groups is 2. The van der Waals surface area contributed by atoms with Crippen LogP contribution in [0.3, 0.4) is 0 Å². The van der Waals surface area contributed by atoms with Crippen LogP contribution < -0.4 is 10.6 Å². The molecule has 0 spiro atoms. The number of hydrogen-bond donors (Lipinski definition) is 2. The first-order chi connectivity index (χ1) is 16.2. The third kappa shape index (κ3) is 6.65. The van der Waals surface area contributed by atoms with Crippen LogP contribution in [0.15, 0.2) is 53.7 Å². The van der Waals surface area contributed by atoms with Gasteiger partial charge >= 0.3 is 0 Å². The van der Waals surface area contributed by atoms with Gasteiger partial charge in [0.25, 0.3) is 5.69 Å². The normalized spacial score (nSPS) is 10.9. The number of benzene rings is 2. The SMILES string of the molecule is Cc1ccc(NC(=O)CSc2nnc(CNC(=O)C=Cc3ccccc3Cl)n2C)cc1[N+](=O)[O-]. The molecule has 10 nitrogen and oxygen atoms in total. The first-order valence-electron chi connectivity index (χ1n) is 10.0. The van der Waals surface area contributed by atoms with Crippen molar-refractivity contribution in [3.63, 3.8) is 0 Å². The zero-order valence-electron chi connectivity index (χ0n) is 18.3. The molecule has 0 aliphatic carbocycles. The van der Waals surface area contributed by atoms with Crippen LogP contribution in [0, 0.1) is 17.0 Å². The van der Waals surface area contributed by atoms with E-state index < -0.39 is 4.92 Å². The number of carbonyl (C=O) groups excluding carboxylic acids is 2. The van der Waals surface area contributed by atoms with Crippen molar-refractivity contribution >= 4 is 52.6 Å². The summed E-state index contributed by atoms with van der Waals surface area (Å²) < 4.78 is 1.67. The number of thioether (sulfide) groups is 1. The molecule has 0 saturated heterocycles. The quantitative estimate of drug-likeness (QED) is 0.198. The fourth-order valence-electron chi connectivity index (χ4n) is 2.84. The van der Waals surface area contributed by atoms with Crippen LogP contribution in [0.4, 0.5) is 11.4 Å². The zero-order valence-corrected chi connectivity index (χ0v) is 19.9. The molecule has 12 heteroatoms. The number of halogens is 1. The molecule has 0 aliphatic rings. The third-order valence-electron chi connectivity index (χ3n) is 4.69. The van der Waals surface area contributed by atoms with Gasteiger partial charge in [-0.3, -0.25) is 19.7 Å². The fourth-order valence-corrected chi connectivity index (χ4v) is 3.77. The summed E-state index contributed by atoms with van der Waals surface area (Å²) >= 11 is 7.22. The van der Waals surface area contributed by atoms with E-state index in [9.17, 15) is 19.7 Å². The Morgan fingerprint density at radius 3 is 2.74 bits per heavy atom. The fraction of sp³-hybridized carbons (Fsp3) is 0.182. The lowest BCUT2D eigenvalue weighted by Crippen LogP contribution is -2.22. The van der Waals surface area contributed by atoms with Crippen molar-refractivity contribution in [3.05, 3.63) is 80.6 Å². The van der Waals surface area contributed by atoms with Crippen LogP contribution in [0.2, 0.25) is 5.02 Å². The number of nitrogens with one attached hydrogen (secondary N) is 2. The summed E-state index contributed by atoms with van der Waals surface area (Å²) in [4.78, 5) is 34.9. The maximum absolute atomic E-state index is 12.3. The first kappa shape index (κ1) is 24.9. The number of rotatable bonds is 9. The van der Waals surface area contributed by atoms with Gasteiger partial charge in [0, 0.05) is 35.5 Å². The van der Waals surface area contributed by atoms with Crippen molar-refractivity contribution < 1.29 is 14.5 Å². The van der Waals surface area contributed by atoms with Crippen molar-refractivity contribution in [2.24, 2.45) is 7.05 Å². The molecule has 0 fully saturated rings. The highest BCUT2D eigenvalue weighted by molar-refractivity contribution is 7.99. The summed E-state index contributed by atoms with van der Waals surface area (Å²) in [5.41, 5.74) is 1.52. The predicted octanol–water partition coefficient (Wildman–Crippen LogP) is 3.75. The average molecular weight is 501 g/mol. The number of aryl methyl sites for hydroxylation is 1. The second-order valence-electron chi connectivity index (χ2n) is 7.13. The molecule has 0 saturated carbocycles. The Hall–Kier alpha value is -3.70. The smallest absolute Gasteiger partial charge is 0.274 e. The van der Waals surface area contributed by atoms with Gasteiger partial charge in [-0.15, -0.1) is 10.2 Å². The van der Waals surface area contributed by atoms with Crippen LogP contribution in [0.5, 0.6) is 0 Å². The van der Waals surface area contributed by atoms with Gasteiger partial charge < -0.3 is 15.2 Å². The predicted molar refractivity (Wildman–Crippen MR) is 131 cm³/mol. The van der Waals surface area contributed by atoms with Crippen LogP contribution >= 0.6 is 23.4 Å². The molecule has 0 bridgehead atoms. The van der Waals surface area contributed by atoms with Gasteiger partial charge in [-0.05, 0) is 30.7 Å². The Bertz CT molecular complexity index is 1260. The van der Waals surface area contributed by atoms with Gasteiger partial charge in [-0.2, -0.15) is 0 Å². The molecule has 34 heavy (non-hydrogen) atoms. The molecular weight excluding hydrogens is 480 g/mol. The van der Waals surface area contributed by atoms with Gasteiger partial charge in [0.05, 0.1) is 17.2 Å². The van der Waals surface area contributed by atoms with E-state index in [1.165, 1.54) is 12.1 Å². The molecular formula is C22H21ClN6O4S. The van der Waals surface area contributed by atoms with Gasteiger partial charge in [0.1, 0.15) is 0 Å². The van der Waals surface area contributed by atoms with Gasteiger partial charge in [0.2, 0.25) is 11.8 Å². The maximum atomic E-state index is 12.3. The Morgan fingerprint density at radius 1 is 1.24 bits per heavy atom. The first-order valence-corrected chi connectivity index (χ1v) is 11.4. The maximum Gasteiger partial charge on any atom is 0.274 e. The lowest BCUT2D eigenvalue weighted by Gasteiger charge is -2.07. The molecule has 2 aromatic carbocycles. The topological polar surface area (TPSA) is 132 Å². The minimum Gasteiger partial charge on any atom is -0.345 e. The van der Waals surface area contributed by atoms with Crippen molar-refractivity contribution in [1.82, 2.24) is 20.1 Å². The van der Waals surface area contributed by atoms with E-state index in [1.807, 2.05) is 12.1 Å². The molecule has 1 heterocycles. The van der Waals surface area contributed by atoms with E-state index >= 15 is 0 Å². The molecule has 0 atom stereocenters. The number of nitro benzene ring substituents is 1. The Labute approximate surface area is 204 Å². The van der Waals surface area contributed by atoms with Crippen molar-refractivity contribution in [3.8, 4) is 0 Å². The van der Waals surface area contributed by atoms with Crippen LogP contribution in [-0.2, 0) is 23.2 Å². The standard InChI is InChI=1S/C22H21ClN6O4S/c1-14-7-9-16(11-18(14)29(32)33)25-21(31)13-34-22-27-26-19(28(22)2)12-24-20(30)10-8-15-5-3-4-6-17(15)23/h3-11H,12-13H2,1-2H3,(H,24,30)(H,25,31). The molecule has 2 amide bonds. The Kier molecular flexibility index (Phi) is 8.39. The molecule has 3 rings (SSSR count). The lowest BCUT2D eigenvalue weighted by molar-refractivity contribution is -0.385. The van der Waals surface area contributed by atoms with E-state index in [2.05, 4.69) is 20.8 Å². The molecule has 0 unspecified atom stereocenters. The van der Waals surface area contributed by atoms with Gasteiger partial charge in [0.15, 0.2) is 11.0 Å². The largest absolute Gasteiger partial charge is 0.345 e. The Balaban J connectivity index is 1.51. The number of amides is 2. The summed E-state index contributed by atoms with van der Waals surface area (Å²) in [6.07, 6.45) is 3.00. The highest BCUT2D eigenvalue weighted by Crippen LogP contribution is 2.23. The highest BCUT2D eigenvalue weighted by Gasteiger charge is 2.14. The molecule has 1 aromatic heterocycles. The van der Waals surface area contributed by atoms with Crippen molar-refractivity contribution in [2.75, 3.05) is 11.1 Å². The second kappa shape index (κ2) is 11.4. The van der Waals surface area contributed by atoms with E-state index in [-0.39, 0.29) is 29.8 Å². The number of nitrogens with zero attached hydrogens (tertiary/aromatic N) is 4. The summed E-state index contributed by atoms with van der Waals surface area (Å²) in [7, 11) is 1.73. The van der Waals surface area contributed by atoms with Gasteiger partial charge in [-0.25, -0.2) is 0 Å². The molecule has 0 aliphatic heterocycles. The highest BCUT2D eigenvalue weighted by atomic mass is 35.5. The number of aromatic nitrogens is 3. The lowest BCUT2D eigenvalue weighted by atomic mass is 10.2. The van der Waals surface area contributed by atoms with Crippen LogP contribution in [0.1, 0.15) is 17.0 Å². The van der Waals surface area contributed by atoms with Gasteiger partial charge in [-0.1, -0.05) is 47.6 Å². The summed E-state index contributed by atoms with van der Waals surface area (Å²) in [5.74, 6) is -0.119. The minimum absolute atomic E-state index is 0.0284. The summed E-state index contributed by atoms with van der Waals surface area (Å²) in [6.45, 7) is 1.78. The van der Waals surface area contributed by atoms with Crippen LogP contribution in [0.25, 0.3) is 6.08 Å². The third-order valence-corrected chi connectivity index (χ3v) is 6.05. The van der Waals surface area contributed by atoms with E-state index in [0.29, 0.717) is 27.3 Å². The second-order valence-corrected chi connectivity index (χ2v) is 8.48. The molecule has 2 N–H and O–H groups in total. The van der Waals surface area contributed by atoms with Crippen LogP contribution in [-0.4, -0.2) is 37.3 Å². The summed E-state index contributed by atoms with van der Waals surface area (Å²) in [6, 6.07) is 11.7. The van der Waals surface area contributed by atoms with Crippen molar-refractivity contribution in [2.45, 2.75) is 18.6 Å². The monoisotopic (exact) mass is 500 g/mol. The molecule has 3 aromatic rings.